The van der Waals surface area contributed by atoms with Crippen LogP contribution in [0.5, 0.6) is 0 Å². The Hall–Kier alpha value is -2.37. The van der Waals surface area contributed by atoms with Crippen molar-refractivity contribution in [1.82, 2.24) is 9.97 Å². The Labute approximate surface area is 109 Å². The van der Waals surface area contributed by atoms with Gasteiger partial charge < -0.3 is 0 Å². The molecule has 1 heterocycles. The van der Waals surface area contributed by atoms with Crippen molar-refractivity contribution in [3.8, 4) is 0 Å². The average molecular weight is 259 g/mol. The predicted octanol–water partition coefficient (Wildman–Crippen LogP) is 2.62. The lowest BCUT2D eigenvalue weighted by molar-refractivity contribution is -0.384. The summed E-state index contributed by atoms with van der Waals surface area (Å²) in [5.41, 5.74) is 1.14. The van der Waals surface area contributed by atoms with Crippen molar-refractivity contribution < 1.29 is 9.72 Å². The average Bonchev–Trinajstić information content (AvgIpc) is 2.38. The van der Waals surface area contributed by atoms with Gasteiger partial charge in [-0.1, -0.05) is 6.92 Å². The maximum Gasteiger partial charge on any atom is 0.270 e. The topological polar surface area (TPSA) is 86.0 Å². The maximum atomic E-state index is 11.6. The first-order valence-corrected chi connectivity index (χ1v) is 5.94. The predicted molar refractivity (Wildman–Crippen MR) is 69.9 cm³/mol. The van der Waals surface area contributed by atoms with Gasteiger partial charge in [0.15, 0.2) is 0 Å². The molecule has 0 saturated heterocycles. The number of nitro groups is 1. The highest BCUT2D eigenvalue weighted by molar-refractivity contribution is 5.90. The number of carbonyl (C=O) groups excluding carboxylic acids is 1. The molecular formula is C13H13N3O3. The highest BCUT2D eigenvalue weighted by Gasteiger charge is 2.20. The molecule has 1 atom stereocenters. The molecular weight excluding hydrogens is 246 g/mol. The zero-order valence-corrected chi connectivity index (χ0v) is 10.7. The minimum absolute atomic E-state index is 0.00555. The van der Waals surface area contributed by atoms with Crippen LogP contribution >= 0.6 is 0 Å². The molecule has 6 nitrogen and oxygen atoms in total. The van der Waals surface area contributed by atoms with Gasteiger partial charge >= 0.3 is 0 Å². The van der Waals surface area contributed by atoms with Gasteiger partial charge in [-0.15, -0.1) is 0 Å². The Morgan fingerprint density at radius 3 is 2.74 bits per heavy atom. The third-order valence-electron chi connectivity index (χ3n) is 3.09. The molecule has 0 aliphatic heterocycles. The quantitative estimate of drug-likeness (QED) is 0.622. The Bertz CT molecular complexity index is 655. The summed E-state index contributed by atoms with van der Waals surface area (Å²) >= 11 is 0. The first-order valence-electron chi connectivity index (χ1n) is 5.94. The number of fused-ring (bicyclic) bond motifs is 1. The molecule has 19 heavy (non-hydrogen) atoms. The third kappa shape index (κ3) is 2.42. The summed E-state index contributed by atoms with van der Waals surface area (Å²) in [6.45, 7) is 3.39. The first kappa shape index (κ1) is 13.1. The SMILES string of the molecule is CCC(C(C)=O)c1ncnc2ccc([N+](=O)[O-])cc12. The van der Waals surface area contributed by atoms with E-state index in [2.05, 4.69) is 9.97 Å². The number of aromatic nitrogens is 2. The van der Waals surface area contributed by atoms with Crippen LogP contribution in [0.1, 0.15) is 31.9 Å². The third-order valence-corrected chi connectivity index (χ3v) is 3.09. The Balaban J connectivity index is 2.69. The molecule has 1 aromatic carbocycles. The number of non-ortho nitro benzene ring substituents is 1. The molecule has 6 heteroatoms. The summed E-state index contributed by atoms with van der Waals surface area (Å²) < 4.78 is 0. The van der Waals surface area contributed by atoms with E-state index in [0.29, 0.717) is 23.0 Å². The van der Waals surface area contributed by atoms with Gasteiger partial charge in [-0.05, 0) is 19.4 Å². The van der Waals surface area contributed by atoms with Crippen LogP contribution in [0, 0.1) is 10.1 Å². The molecule has 0 aliphatic carbocycles. The number of Topliss-reactive ketones (excluding diaryl/α,β-unsaturated/α-hetero) is 1. The van der Waals surface area contributed by atoms with E-state index in [0.717, 1.165) is 0 Å². The van der Waals surface area contributed by atoms with Gasteiger partial charge in [-0.25, -0.2) is 9.97 Å². The summed E-state index contributed by atoms with van der Waals surface area (Å²) in [4.78, 5) is 30.2. The number of carbonyl (C=O) groups is 1. The van der Waals surface area contributed by atoms with Crippen molar-refractivity contribution in [1.29, 1.82) is 0 Å². The zero-order valence-electron chi connectivity index (χ0n) is 10.7. The van der Waals surface area contributed by atoms with Crippen LogP contribution in [-0.2, 0) is 4.79 Å². The smallest absolute Gasteiger partial charge is 0.270 e. The van der Waals surface area contributed by atoms with Gasteiger partial charge in [0.2, 0.25) is 0 Å². The molecule has 0 bridgehead atoms. The molecule has 2 rings (SSSR count). The summed E-state index contributed by atoms with van der Waals surface area (Å²) in [5, 5.41) is 11.4. The molecule has 0 fully saturated rings. The van der Waals surface area contributed by atoms with E-state index in [-0.39, 0.29) is 17.4 Å². The van der Waals surface area contributed by atoms with Crippen LogP contribution in [0.2, 0.25) is 0 Å². The van der Waals surface area contributed by atoms with Crippen molar-refractivity contribution in [3.05, 3.63) is 40.3 Å². The second-order valence-electron chi connectivity index (χ2n) is 4.29. The monoisotopic (exact) mass is 259 g/mol. The fraction of sp³-hybridized carbons (Fsp3) is 0.308. The Kier molecular flexibility index (Phi) is 3.50. The molecule has 0 saturated carbocycles. The van der Waals surface area contributed by atoms with Gasteiger partial charge in [0.1, 0.15) is 12.1 Å². The first-order chi connectivity index (χ1) is 9.04. The van der Waals surface area contributed by atoms with Crippen molar-refractivity contribution in [2.24, 2.45) is 0 Å². The second kappa shape index (κ2) is 5.09. The van der Waals surface area contributed by atoms with Crippen molar-refractivity contribution >= 4 is 22.4 Å². The van der Waals surface area contributed by atoms with Crippen LogP contribution in [0.4, 0.5) is 5.69 Å². The molecule has 0 spiro atoms. The highest BCUT2D eigenvalue weighted by Crippen LogP contribution is 2.28. The summed E-state index contributed by atoms with van der Waals surface area (Å²) in [6, 6.07) is 4.40. The number of nitrogens with zero attached hydrogens (tertiary/aromatic N) is 3. The molecule has 0 aliphatic rings. The second-order valence-corrected chi connectivity index (χ2v) is 4.29. The van der Waals surface area contributed by atoms with E-state index in [9.17, 15) is 14.9 Å². The number of rotatable bonds is 4. The zero-order chi connectivity index (χ0) is 14.0. The summed E-state index contributed by atoms with van der Waals surface area (Å²) in [6.07, 6.45) is 1.99. The van der Waals surface area contributed by atoms with Crippen LogP contribution in [0.25, 0.3) is 10.9 Å². The molecule has 0 amide bonds. The van der Waals surface area contributed by atoms with Gasteiger partial charge in [-0.3, -0.25) is 14.9 Å². The van der Waals surface area contributed by atoms with E-state index in [1.54, 1.807) is 6.07 Å². The highest BCUT2D eigenvalue weighted by atomic mass is 16.6. The maximum absolute atomic E-state index is 11.6. The van der Waals surface area contributed by atoms with Crippen molar-refractivity contribution in [2.45, 2.75) is 26.2 Å². The number of hydrogen-bond acceptors (Lipinski definition) is 5. The normalized spacial score (nSPS) is 12.3. The van der Waals surface area contributed by atoms with Gasteiger partial charge in [0, 0.05) is 17.5 Å². The van der Waals surface area contributed by atoms with E-state index in [1.165, 1.54) is 25.4 Å². The van der Waals surface area contributed by atoms with Gasteiger partial charge in [0.05, 0.1) is 22.1 Å². The minimum Gasteiger partial charge on any atom is -0.299 e. The lowest BCUT2D eigenvalue weighted by atomic mass is 9.94. The van der Waals surface area contributed by atoms with Crippen molar-refractivity contribution in [3.63, 3.8) is 0 Å². The molecule has 98 valence electrons. The summed E-state index contributed by atoms with van der Waals surface area (Å²) in [7, 11) is 0. The lowest BCUT2D eigenvalue weighted by Gasteiger charge is -2.12. The van der Waals surface area contributed by atoms with Gasteiger partial charge in [0.25, 0.3) is 5.69 Å². The van der Waals surface area contributed by atoms with E-state index >= 15 is 0 Å². The van der Waals surface area contributed by atoms with E-state index in [4.69, 9.17) is 0 Å². The standard InChI is InChI=1S/C13H13N3O3/c1-3-10(8(2)17)13-11-6-9(16(18)19)4-5-12(11)14-7-15-13/h4-7,10H,3H2,1-2H3. The number of nitro benzene ring substituents is 1. The lowest BCUT2D eigenvalue weighted by Crippen LogP contribution is -2.10. The largest absolute Gasteiger partial charge is 0.299 e. The van der Waals surface area contributed by atoms with Crippen LogP contribution in [0.3, 0.4) is 0 Å². The minimum atomic E-state index is -0.467. The molecule has 1 unspecified atom stereocenters. The Morgan fingerprint density at radius 2 is 2.16 bits per heavy atom. The molecule has 1 aromatic heterocycles. The fourth-order valence-electron chi connectivity index (χ4n) is 2.13. The van der Waals surface area contributed by atoms with E-state index < -0.39 is 4.92 Å². The number of ketones is 1. The molecule has 0 radical (unpaired) electrons. The summed E-state index contributed by atoms with van der Waals surface area (Å²) in [5.74, 6) is -0.360. The van der Waals surface area contributed by atoms with Crippen LogP contribution in [-0.4, -0.2) is 20.7 Å². The number of hydrogen-bond donors (Lipinski definition) is 0. The van der Waals surface area contributed by atoms with Crippen molar-refractivity contribution in [2.75, 3.05) is 0 Å². The number of benzene rings is 1. The molecule has 2 aromatic rings. The van der Waals surface area contributed by atoms with E-state index in [1.807, 2.05) is 6.92 Å². The molecule has 0 N–H and O–H groups in total. The van der Waals surface area contributed by atoms with Crippen LogP contribution in [0.15, 0.2) is 24.5 Å². The van der Waals surface area contributed by atoms with Gasteiger partial charge in [-0.2, -0.15) is 0 Å². The Morgan fingerprint density at radius 1 is 1.42 bits per heavy atom. The van der Waals surface area contributed by atoms with Crippen LogP contribution < -0.4 is 0 Å². The fourth-order valence-corrected chi connectivity index (χ4v) is 2.13.